The van der Waals surface area contributed by atoms with Crippen LogP contribution in [0.25, 0.3) is 0 Å². The summed E-state index contributed by atoms with van der Waals surface area (Å²) in [6, 6.07) is 5.04. The Morgan fingerprint density at radius 1 is 1.50 bits per heavy atom. The summed E-state index contributed by atoms with van der Waals surface area (Å²) < 4.78 is 5.20. The summed E-state index contributed by atoms with van der Waals surface area (Å²) in [6.07, 6.45) is -0.574. The average Bonchev–Trinajstić information content (AvgIpc) is 2.30. The molecule has 1 amide bonds. The minimum absolute atomic E-state index is 0.110. The third-order valence-electron chi connectivity index (χ3n) is 2.60. The van der Waals surface area contributed by atoms with Crippen LogP contribution in [0.15, 0.2) is 18.2 Å². The molecule has 0 saturated carbocycles. The molecule has 0 aliphatic carbocycles. The summed E-state index contributed by atoms with van der Waals surface area (Å²) in [7, 11) is 0. The number of hydrogen-bond acceptors (Lipinski definition) is 4. The van der Waals surface area contributed by atoms with E-state index in [1.165, 1.54) is 0 Å². The van der Waals surface area contributed by atoms with Crippen LogP contribution >= 0.6 is 11.6 Å². The Morgan fingerprint density at radius 2 is 2.15 bits per heavy atom. The van der Waals surface area contributed by atoms with Crippen molar-refractivity contribution in [1.29, 1.82) is 0 Å². The van der Waals surface area contributed by atoms with Gasteiger partial charge in [-0.1, -0.05) is 17.7 Å². The first-order chi connectivity index (χ1) is 9.26. The third kappa shape index (κ3) is 5.00. The first-order valence-electron chi connectivity index (χ1n) is 6.37. The number of amides is 1. The van der Waals surface area contributed by atoms with Gasteiger partial charge in [0.1, 0.15) is 5.60 Å². The Hall–Kier alpha value is -1.30. The summed E-state index contributed by atoms with van der Waals surface area (Å²) >= 11 is 5.94. The third-order valence-corrected chi connectivity index (χ3v) is 2.83. The van der Waals surface area contributed by atoms with Gasteiger partial charge >= 0.3 is 6.09 Å². The Balaban J connectivity index is 2.98. The fourth-order valence-corrected chi connectivity index (χ4v) is 1.88. The van der Waals surface area contributed by atoms with Gasteiger partial charge in [-0.25, -0.2) is 4.79 Å². The molecule has 0 saturated heterocycles. The number of carbonyl (C=O) groups excluding carboxylic acids is 1. The zero-order chi connectivity index (χ0) is 15.3. The second-order valence-electron chi connectivity index (χ2n) is 5.47. The number of ether oxygens (including phenoxy) is 1. The van der Waals surface area contributed by atoms with E-state index in [-0.39, 0.29) is 19.1 Å². The topological polar surface area (TPSA) is 84.6 Å². The van der Waals surface area contributed by atoms with Crippen molar-refractivity contribution in [2.45, 2.75) is 32.3 Å². The minimum Gasteiger partial charge on any atom is -0.444 e. The number of aliphatic hydroxyl groups excluding tert-OH is 1. The van der Waals surface area contributed by atoms with Gasteiger partial charge in [0.25, 0.3) is 0 Å². The molecule has 1 unspecified atom stereocenters. The van der Waals surface area contributed by atoms with Crippen molar-refractivity contribution in [3.8, 4) is 0 Å². The van der Waals surface area contributed by atoms with Crippen LogP contribution in [-0.2, 0) is 4.74 Å². The molecule has 0 fully saturated rings. The van der Waals surface area contributed by atoms with E-state index in [0.29, 0.717) is 10.7 Å². The Morgan fingerprint density at radius 3 is 2.65 bits per heavy atom. The summed E-state index contributed by atoms with van der Waals surface area (Å²) in [6.45, 7) is 5.49. The van der Waals surface area contributed by atoms with E-state index in [2.05, 4.69) is 5.32 Å². The van der Waals surface area contributed by atoms with Gasteiger partial charge in [-0.05, 0) is 38.5 Å². The van der Waals surface area contributed by atoms with Crippen molar-refractivity contribution < 1.29 is 14.6 Å². The number of halogens is 1. The maximum Gasteiger partial charge on any atom is 0.412 e. The van der Waals surface area contributed by atoms with Crippen molar-refractivity contribution in [1.82, 2.24) is 0 Å². The van der Waals surface area contributed by atoms with E-state index in [0.717, 1.165) is 5.56 Å². The molecule has 0 heterocycles. The molecule has 20 heavy (non-hydrogen) atoms. The number of rotatable bonds is 4. The van der Waals surface area contributed by atoms with Crippen LogP contribution in [0.1, 0.15) is 32.3 Å². The van der Waals surface area contributed by atoms with E-state index in [1.807, 2.05) is 0 Å². The molecular weight excluding hydrogens is 280 g/mol. The molecule has 0 aliphatic rings. The molecule has 6 heteroatoms. The van der Waals surface area contributed by atoms with Crippen LogP contribution in [0.4, 0.5) is 10.5 Å². The van der Waals surface area contributed by atoms with Crippen molar-refractivity contribution in [2.75, 3.05) is 18.5 Å². The number of anilines is 1. The van der Waals surface area contributed by atoms with Crippen LogP contribution in [0.5, 0.6) is 0 Å². The zero-order valence-corrected chi connectivity index (χ0v) is 12.7. The molecule has 0 aliphatic heterocycles. The molecule has 1 atom stereocenters. The summed E-state index contributed by atoms with van der Waals surface area (Å²) in [5.74, 6) is -0.266. The first kappa shape index (κ1) is 16.8. The van der Waals surface area contributed by atoms with Gasteiger partial charge in [0.15, 0.2) is 0 Å². The highest BCUT2D eigenvalue weighted by Gasteiger charge is 2.19. The van der Waals surface area contributed by atoms with E-state index in [9.17, 15) is 9.90 Å². The first-order valence-corrected chi connectivity index (χ1v) is 6.75. The number of aliphatic hydroxyl groups is 1. The monoisotopic (exact) mass is 300 g/mol. The fourth-order valence-electron chi connectivity index (χ4n) is 1.71. The largest absolute Gasteiger partial charge is 0.444 e. The molecule has 0 radical (unpaired) electrons. The molecular formula is C14H21ClN2O3. The standard InChI is InChI=1S/C14H21ClN2O3/c1-14(2,3)20-13(19)17-12-6-10(15)4-5-11(12)9(7-16)8-18/h4-6,9,18H,7-8,16H2,1-3H3,(H,17,19). The lowest BCUT2D eigenvalue weighted by molar-refractivity contribution is 0.0635. The lowest BCUT2D eigenvalue weighted by atomic mass is 9.98. The Bertz CT molecular complexity index is 468. The molecule has 5 nitrogen and oxygen atoms in total. The van der Waals surface area contributed by atoms with Crippen LogP contribution in [-0.4, -0.2) is 30.0 Å². The van der Waals surface area contributed by atoms with E-state index >= 15 is 0 Å². The van der Waals surface area contributed by atoms with E-state index < -0.39 is 11.7 Å². The van der Waals surface area contributed by atoms with Gasteiger partial charge in [-0.15, -0.1) is 0 Å². The van der Waals surface area contributed by atoms with Crippen molar-refractivity contribution in [2.24, 2.45) is 5.73 Å². The van der Waals surface area contributed by atoms with Crippen LogP contribution in [0, 0.1) is 0 Å². The number of carbonyl (C=O) groups is 1. The zero-order valence-electron chi connectivity index (χ0n) is 11.9. The lowest BCUT2D eigenvalue weighted by Gasteiger charge is -2.22. The second kappa shape index (κ2) is 6.92. The van der Waals surface area contributed by atoms with Crippen LogP contribution in [0.2, 0.25) is 5.02 Å². The fraction of sp³-hybridized carbons (Fsp3) is 0.500. The van der Waals surface area contributed by atoms with Crippen molar-refractivity contribution in [3.63, 3.8) is 0 Å². The van der Waals surface area contributed by atoms with Crippen LogP contribution in [0.3, 0.4) is 0 Å². The number of benzene rings is 1. The van der Waals surface area contributed by atoms with Gasteiger partial charge in [0.2, 0.25) is 0 Å². The minimum atomic E-state index is -0.590. The average molecular weight is 301 g/mol. The smallest absolute Gasteiger partial charge is 0.412 e. The Labute approximate surface area is 124 Å². The van der Waals surface area contributed by atoms with Gasteiger partial charge in [-0.3, -0.25) is 5.32 Å². The van der Waals surface area contributed by atoms with Gasteiger partial charge in [0, 0.05) is 23.2 Å². The highest BCUT2D eigenvalue weighted by molar-refractivity contribution is 6.31. The predicted molar refractivity (Wildman–Crippen MR) is 80.2 cm³/mol. The number of hydrogen-bond donors (Lipinski definition) is 3. The molecule has 1 aromatic rings. The second-order valence-corrected chi connectivity index (χ2v) is 5.91. The van der Waals surface area contributed by atoms with Gasteiger partial charge in [-0.2, -0.15) is 0 Å². The molecule has 1 aromatic carbocycles. The van der Waals surface area contributed by atoms with E-state index in [4.69, 9.17) is 22.1 Å². The molecule has 0 bridgehead atoms. The highest BCUT2D eigenvalue weighted by atomic mass is 35.5. The summed E-state index contributed by atoms with van der Waals surface area (Å²) in [5, 5.41) is 12.5. The van der Waals surface area contributed by atoms with Gasteiger partial charge in [0.05, 0.1) is 6.61 Å². The predicted octanol–water partition coefficient (Wildman–Crippen LogP) is 2.72. The normalized spacial score (nSPS) is 12.9. The van der Waals surface area contributed by atoms with Gasteiger partial charge < -0.3 is 15.6 Å². The maximum absolute atomic E-state index is 11.8. The molecule has 1 rings (SSSR count). The highest BCUT2D eigenvalue weighted by Crippen LogP contribution is 2.27. The summed E-state index contributed by atoms with van der Waals surface area (Å²) in [5.41, 5.74) is 6.25. The maximum atomic E-state index is 11.8. The van der Waals surface area contributed by atoms with E-state index in [1.54, 1.807) is 39.0 Å². The molecule has 0 spiro atoms. The van der Waals surface area contributed by atoms with Crippen molar-refractivity contribution >= 4 is 23.4 Å². The SMILES string of the molecule is CC(C)(C)OC(=O)Nc1cc(Cl)ccc1C(CN)CO. The Kier molecular flexibility index (Phi) is 5.80. The summed E-state index contributed by atoms with van der Waals surface area (Å²) in [4.78, 5) is 11.8. The quantitative estimate of drug-likeness (QED) is 0.798. The molecule has 0 aromatic heterocycles. The lowest BCUT2D eigenvalue weighted by Crippen LogP contribution is -2.28. The van der Waals surface area contributed by atoms with Crippen molar-refractivity contribution in [3.05, 3.63) is 28.8 Å². The number of nitrogens with two attached hydrogens (primary N) is 1. The molecule has 4 N–H and O–H groups in total. The van der Waals surface area contributed by atoms with Crippen LogP contribution < -0.4 is 11.1 Å². The number of nitrogens with one attached hydrogen (secondary N) is 1. The molecule has 112 valence electrons.